The van der Waals surface area contributed by atoms with Gasteiger partial charge in [0, 0.05) is 5.56 Å². The Bertz CT molecular complexity index is 995. The molecular formula is C23H21N3O3. The molecule has 29 heavy (non-hydrogen) atoms. The van der Waals surface area contributed by atoms with Gasteiger partial charge in [-0.3, -0.25) is 4.79 Å². The van der Waals surface area contributed by atoms with Gasteiger partial charge in [-0.15, -0.1) is 0 Å². The average Bonchev–Trinajstić information content (AvgIpc) is 2.78. The Hall–Kier alpha value is -3.64. The number of rotatable bonds is 5. The van der Waals surface area contributed by atoms with E-state index in [1.807, 2.05) is 0 Å². The van der Waals surface area contributed by atoms with Gasteiger partial charge >= 0.3 is 5.97 Å². The van der Waals surface area contributed by atoms with Crippen molar-refractivity contribution in [3.63, 3.8) is 0 Å². The average molecular weight is 387 g/mol. The zero-order valence-corrected chi connectivity index (χ0v) is 16.0. The molecule has 6 nitrogen and oxygen atoms in total. The first-order chi connectivity index (χ1) is 14.1. The molecule has 2 aromatic carbocycles. The summed E-state index contributed by atoms with van der Waals surface area (Å²) in [5.41, 5.74) is 1.04. The molecule has 0 radical (unpaired) electrons. The number of ether oxygens (including phenoxy) is 1. The van der Waals surface area contributed by atoms with Gasteiger partial charge in [-0.2, -0.15) is 10.5 Å². The third-order valence-electron chi connectivity index (χ3n) is 5.12. The molecular weight excluding hydrogens is 366 g/mol. The number of carbonyl (C=O) groups excluding carboxylic acids is 2. The van der Waals surface area contributed by atoms with Crippen molar-refractivity contribution >= 4 is 11.9 Å². The number of nitriles is 2. The van der Waals surface area contributed by atoms with Crippen LogP contribution >= 0.6 is 0 Å². The van der Waals surface area contributed by atoms with E-state index in [-0.39, 0.29) is 5.56 Å². The first-order valence-electron chi connectivity index (χ1n) is 9.56. The molecule has 0 aromatic heterocycles. The van der Waals surface area contributed by atoms with Crippen LogP contribution in [0.5, 0.6) is 0 Å². The van der Waals surface area contributed by atoms with Crippen molar-refractivity contribution in [2.75, 3.05) is 6.61 Å². The van der Waals surface area contributed by atoms with Gasteiger partial charge in [0.25, 0.3) is 5.91 Å². The highest BCUT2D eigenvalue weighted by molar-refractivity contribution is 5.99. The van der Waals surface area contributed by atoms with Crippen molar-refractivity contribution in [2.45, 2.75) is 37.6 Å². The highest BCUT2D eigenvalue weighted by Crippen LogP contribution is 2.28. The molecule has 3 rings (SSSR count). The summed E-state index contributed by atoms with van der Waals surface area (Å²) in [6.45, 7) is -0.462. The first-order valence-corrected chi connectivity index (χ1v) is 9.56. The van der Waals surface area contributed by atoms with Gasteiger partial charge in [-0.05, 0) is 30.5 Å². The minimum absolute atomic E-state index is 0.274. The summed E-state index contributed by atoms with van der Waals surface area (Å²) in [4.78, 5) is 24.9. The second kappa shape index (κ2) is 9.03. The molecule has 0 atom stereocenters. The van der Waals surface area contributed by atoms with Crippen molar-refractivity contribution < 1.29 is 14.3 Å². The maximum Gasteiger partial charge on any atom is 0.339 e. The van der Waals surface area contributed by atoms with E-state index in [1.54, 1.807) is 48.5 Å². The molecule has 0 aliphatic heterocycles. The predicted octanol–water partition coefficient (Wildman–Crippen LogP) is 3.72. The quantitative estimate of drug-likeness (QED) is 0.788. The maximum atomic E-state index is 12.6. The molecule has 1 fully saturated rings. The van der Waals surface area contributed by atoms with Gasteiger partial charge in [0.15, 0.2) is 6.61 Å². The van der Waals surface area contributed by atoms with E-state index >= 15 is 0 Å². The van der Waals surface area contributed by atoms with Crippen molar-refractivity contribution in [1.82, 2.24) is 5.32 Å². The predicted molar refractivity (Wildman–Crippen MR) is 106 cm³/mol. The second-order valence-corrected chi connectivity index (χ2v) is 7.08. The fourth-order valence-electron chi connectivity index (χ4n) is 3.64. The minimum Gasteiger partial charge on any atom is -0.452 e. The minimum atomic E-state index is -0.870. The van der Waals surface area contributed by atoms with Crippen molar-refractivity contribution in [3.05, 3.63) is 59.7 Å². The van der Waals surface area contributed by atoms with Gasteiger partial charge in [0.2, 0.25) is 0 Å². The molecule has 0 heterocycles. The molecule has 1 amide bonds. The van der Waals surface area contributed by atoms with E-state index in [0.29, 0.717) is 29.5 Å². The standard InChI is InChI=1S/C23H21N3O3/c24-14-17-8-2-3-9-18(17)19-10-4-5-11-20(19)22(28)29-15-21(27)26-23(16-25)12-6-1-7-13-23/h2-5,8-11H,1,6-7,12-13,15H2,(H,26,27). The number of nitrogens with one attached hydrogen (secondary N) is 1. The summed E-state index contributed by atoms with van der Waals surface area (Å²) in [6.07, 6.45) is 4.04. The molecule has 0 spiro atoms. The van der Waals surface area contributed by atoms with E-state index < -0.39 is 24.0 Å². The van der Waals surface area contributed by atoms with Crippen LogP contribution in [0.4, 0.5) is 0 Å². The maximum absolute atomic E-state index is 12.6. The Balaban J connectivity index is 1.71. The Morgan fingerprint density at radius 3 is 2.31 bits per heavy atom. The lowest BCUT2D eigenvalue weighted by atomic mass is 9.83. The monoisotopic (exact) mass is 387 g/mol. The molecule has 0 saturated heterocycles. The van der Waals surface area contributed by atoms with Gasteiger partial charge in [0.1, 0.15) is 5.54 Å². The van der Waals surface area contributed by atoms with E-state index in [4.69, 9.17) is 4.74 Å². The lowest BCUT2D eigenvalue weighted by Crippen LogP contribution is -2.50. The third-order valence-corrected chi connectivity index (χ3v) is 5.12. The van der Waals surface area contributed by atoms with Crippen LogP contribution < -0.4 is 5.32 Å². The highest BCUT2D eigenvalue weighted by atomic mass is 16.5. The Morgan fingerprint density at radius 1 is 0.966 bits per heavy atom. The highest BCUT2D eigenvalue weighted by Gasteiger charge is 2.33. The fourth-order valence-corrected chi connectivity index (χ4v) is 3.64. The molecule has 146 valence electrons. The number of amides is 1. The normalized spacial score (nSPS) is 14.8. The van der Waals surface area contributed by atoms with Crippen LogP contribution in [0.25, 0.3) is 11.1 Å². The van der Waals surface area contributed by atoms with E-state index in [9.17, 15) is 20.1 Å². The summed E-state index contributed by atoms with van der Waals surface area (Å²) in [7, 11) is 0. The first kappa shape index (κ1) is 20.1. The van der Waals surface area contributed by atoms with Gasteiger partial charge < -0.3 is 10.1 Å². The molecule has 1 aliphatic rings. The molecule has 1 saturated carbocycles. The molecule has 2 aromatic rings. The number of hydrogen-bond donors (Lipinski definition) is 1. The van der Waals surface area contributed by atoms with Gasteiger partial charge in [-0.25, -0.2) is 4.79 Å². The Labute approximate surface area is 169 Å². The van der Waals surface area contributed by atoms with Crippen LogP contribution in [0.3, 0.4) is 0 Å². The van der Waals surface area contributed by atoms with Crippen LogP contribution in [0.1, 0.15) is 48.0 Å². The van der Waals surface area contributed by atoms with Crippen LogP contribution in [-0.4, -0.2) is 24.0 Å². The summed E-state index contributed by atoms with van der Waals surface area (Å²) in [6, 6.07) is 18.1. The van der Waals surface area contributed by atoms with Crippen molar-refractivity contribution in [1.29, 1.82) is 10.5 Å². The Morgan fingerprint density at radius 2 is 1.62 bits per heavy atom. The molecule has 1 aliphatic carbocycles. The van der Waals surface area contributed by atoms with E-state index in [1.165, 1.54) is 0 Å². The SMILES string of the molecule is N#Cc1ccccc1-c1ccccc1C(=O)OCC(=O)NC1(C#N)CCCCC1. The molecule has 1 N–H and O–H groups in total. The summed E-state index contributed by atoms with van der Waals surface area (Å²) in [5.74, 6) is -1.14. The number of esters is 1. The van der Waals surface area contributed by atoms with Crippen LogP contribution in [0, 0.1) is 22.7 Å². The van der Waals surface area contributed by atoms with Crippen molar-refractivity contribution in [2.24, 2.45) is 0 Å². The van der Waals surface area contributed by atoms with Crippen LogP contribution in [0.15, 0.2) is 48.5 Å². The topological polar surface area (TPSA) is 103 Å². The number of nitrogens with zero attached hydrogens (tertiary/aromatic N) is 2. The summed E-state index contributed by atoms with van der Waals surface area (Å²) in [5, 5.41) is 21.5. The van der Waals surface area contributed by atoms with Crippen molar-refractivity contribution in [3.8, 4) is 23.3 Å². The smallest absolute Gasteiger partial charge is 0.339 e. The second-order valence-electron chi connectivity index (χ2n) is 7.08. The van der Waals surface area contributed by atoms with Gasteiger partial charge in [0.05, 0.1) is 23.3 Å². The van der Waals surface area contributed by atoms with Crippen LogP contribution in [-0.2, 0) is 9.53 Å². The van der Waals surface area contributed by atoms with E-state index in [2.05, 4.69) is 17.5 Å². The summed E-state index contributed by atoms with van der Waals surface area (Å²) < 4.78 is 5.21. The lowest BCUT2D eigenvalue weighted by molar-refractivity contribution is -0.125. The zero-order valence-electron chi connectivity index (χ0n) is 16.0. The molecule has 0 bridgehead atoms. The van der Waals surface area contributed by atoms with Gasteiger partial charge in [-0.1, -0.05) is 55.7 Å². The zero-order chi connectivity index (χ0) is 20.7. The number of carbonyl (C=O) groups is 2. The lowest BCUT2D eigenvalue weighted by Gasteiger charge is -2.31. The Kier molecular flexibility index (Phi) is 6.26. The fraction of sp³-hybridized carbons (Fsp3) is 0.304. The molecule has 6 heteroatoms. The number of hydrogen-bond acceptors (Lipinski definition) is 5. The van der Waals surface area contributed by atoms with E-state index in [0.717, 1.165) is 19.3 Å². The third kappa shape index (κ3) is 4.62. The van der Waals surface area contributed by atoms with Crippen LogP contribution in [0.2, 0.25) is 0 Å². The number of benzene rings is 2. The molecule has 0 unspecified atom stereocenters. The largest absolute Gasteiger partial charge is 0.452 e. The summed E-state index contributed by atoms with van der Waals surface area (Å²) >= 11 is 0.